The molecule has 1 heterocycles. The third kappa shape index (κ3) is 4.01. The van der Waals surface area contributed by atoms with Gasteiger partial charge < -0.3 is 10.3 Å². The van der Waals surface area contributed by atoms with Crippen molar-refractivity contribution in [3.05, 3.63) is 65.5 Å². The highest BCUT2D eigenvalue weighted by atomic mass is 32.2. The lowest BCUT2D eigenvalue weighted by Gasteiger charge is -2.16. The molecule has 5 nitrogen and oxygen atoms in total. The molecule has 0 saturated heterocycles. The molecular weight excluding hydrogens is 332 g/mol. The van der Waals surface area contributed by atoms with Crippen LogP contribution in [0.25, 0.3) is 11.0 Å². The highest BCUT2D eigenvalue weighted by molar-refractivity contribution is 7.98. The minimum absolute atomic E-state index is 0.170. The van der Waals surface area contributed by atoms with Crippen LogP contribution in [0.3, 0.4) is 0 Å². The quantitative estimate of drug-likeness (QED) is 0.711. The predicted octanol–water partition coefficient (Wildman–Crippen LogP) is 3.66. The normalized spacial score (nSPS) is 11.8. The zero-order chi connectivity index (χ0) is 17.6. The number of imidazole rings is 1. The zero-order valence-corrected chi connectivity index (χ0v) is 14.6. The second-order valence-electron chi connectivity index (χ2n) is 5.64. The molecule has 1 unspecified atom stereocenters. The lowest BCUT2D eigenvalue weighted by Crippen LogP contribution is -2.29. The number of nitrogens with zero attached hydrogens (tertiary/aromatic N) is 2. The number of H-pyrrole nitrogens is 1. The molecule has 0 aliphatic rings. The predicted molar refractivity (Wildman–Crippen MR) is 100 cm³/mol. The van der Waals surface area contributed by atoms with Crippen molar-refractivity contribution < 1.29 is 4.79 Å². The van der Waals surface area contributed by atoms with Gasteiger partial charge in [0.25, 0.3) is 5.91 Å². The average Bonchev–Trinajstić information content (AvgIpc) is 3.09. The molecule has 0 spiro atoms. The minimum atomic E-state index is -0.192. The van der Waals surface area contributed by atoms with Gasteiger partial charge in [0.15, 0.2) is 0 Å². The Bertz CT molecular complexity index is 878. The molecule has 0 fully saturated rings. The second-order valence-corrected chi connectivity index (χ2v) is 6.62. The van der Waals surface area contributed by atoms with Crippen LogP contribution in [0.5, 0.6) is 0 Å². The molecule has 0 aliphatic heterocycles. The highest BCUT2D eigenvalue weighted by Crippen LogP contribution is 2.20. The molecule has 1 aromatic heterocycles. The molecule has 2 N–H and O–H groups in total. The van der Waals surface area contributed by atoms with Crippen molar-refractivity contribution in [3.8, 4) is 6.07 Å². The number of carbonyl (C=O) groups is 1. The van der Waals surface area contributed by atoms with Gasteiger partial charge in [-0.3, -0.25) is 4.79 Å². The number of nitrogens with one attached hydrogen (secondary N) is 2. The topological polar surface area (TPSA) is 81.6 Å². The number of carbonyl (C=O) groups excluding carboxylic acids is 1. The van der Waals surface area contributed by atoms with E-state index in [2.05, 4.69) is 21.4 Å². The Labute approximate surface area is 150 Å². The molecule has 25 heavy (non-hydrogen) atoms. The smallest absolute Gasteiger partial charge is 0.251 e. The highest BCUT2D eigenvalue weighted by Gasteiger charge is 2.19. The molecule has 0 aliphatic carbocycles. The molecule has 0 bridgehead atoms. The molecule has 1 atom stereocenters. The van der Waals surface area contributed by atoms with Crippen LogP contribution in [0, 0.1) is 11.3 Å². The average molecular weight is 350 g/mol. The van der Waals surface area contributed by atoms with Crippen molar-refractivity contribution in [2.45, 2.75) is 12.5 Å². The number of rotatable bonds is 6. The number of benzene rings is 2. The van der Waals surface area contributed by atoms with Gasteiger partial charge >= 0.3 is 0 Å². The van der Waals surface area contributed by atoms with Gasteiger partial charge in [-0.15, -0.1) is 0 Å². The van der Waals surface area contributed by atoms with Crippen molar-refractivity contribution in [2.75, 3.05) is 12.0 Å². The summed E-state index contributed by atoms with van der Waals surface area (Å²) in [5, 5.41) is 11.9. The Morgan fingerprint density at radius 3 is 2.72 bits per heavy atom. The van der Waals surface area contributed by atoms with E-state index in [1.54, 1.807) is 36.0 Å². The first-order valence-electron chi connectivity index (χ1n) is 7.96. The van der Waals surface area contributed by atoms with Gasteiger partial charge in [-0.05, 0) is 54.8 Å². The number of aromatic amines is 1. The number of hydrogen-bond acceptors (Lipinski definition) is 4. The molecule has 6 heteroatoms. The maximum absolute atomic E-state index is 12.6. The van der Waals surface area contributed by atoms with E-state index in [0.717, 1.165) is 29.0 Å². The van der Waals surface area contributed by atoms with Crippen LogP contribution in [0.4, 0.5) is 0 Å². The Balaban J connectivity index is 1.82. The molecule has 1 amide bonds. The Kier molecular flexibility index (Phi) is 5.36. The SMILES string of the molecule is CSCCC(NC(=O)c1ccc(C#N)cc1)c1nc2ccccc2[nH]1. The molecule has 0 saturated carbocycles. The Morgan fingerprint density at radius 2 is 2.04 bits per heavy atom. The summed E-state index contributed by atoms with van der Waals surface area (Å²) in [5.74, 6) is 1.50. The van der Waals surface area contributed by atoms with E-state index in [4.69, 9.17) is 5.26 Å². The van der Waals surface area contributed by atoms with Gasteiger partial charge in [-0.25, -0.2) is 4.98 Å². The number of aromatic nitrogens is 2. The van der Waals surface area contributed by atoms with Gasteiger partial charge in [0, 0.05) is 5.56 Å². The van der Waals surface area contributed by atoms with Crippen molar-refractivity contribution >= 4 is 28.7 Å². The standard InChI is InChI=1S/C19H18N4OS/c1-25-11-10-17(18-21-15-4-2-3-5-16(15)22-18)23-19(24)14-8-6-13(12-20)7-9-14/h2-9,17H,10-11H2,1H3,(H,21,22)(H,23,24). The number of fused-ring (bicyclic) bond motifs is 1. The third-order valence-electron chi connectivity index (χ3n) is 3.93. The summed E-state index contributed by atoms with van der Waals surface area (Å²) in [4.78, 5) is 20.5. The largest absolute Gasteiger partial charge is 0.342 e. The molecule has 3 aromatic rings. The number of amides is 1. The van der Waals surface area contributed by atoms with E-state index in [0.29, 0.717) is 11.1 Å². The van der Waals surface area contributed by atoms with Crippen LogP contribution < -0.4 is 5.32 Å². The van der Waals surface area contributed by atoms with Crippen molar-refractivity contribution in [1.82, 2.24) is 15.3 Å². The van der Waals surface area contributed by atoms with E-state index in [9.17, 15) is 4.79 Å². The van der Waals surface area contributed by atoms with Crippen LogP contribution in [0.2, 0.25) is 0 Å². The molecule has 2 aromatic carbocycles. The number of para-hydroxylation sites is 2. The van der Waals surface area contributed by atoms with E-state index in [1.807, 2.05) is 30.5 Å². The van der Waals surface area contributed by atoms with Crippen LogP contribution in [0.1, 0.15) is 34.2 Å². The lowest BCUT2D eigenvalue weighted by molar-refractivity contribution is 0.0934. The summed E-state index contributed by atoms with van der Waals surface area (Å²) in [6, 6.07) is 16.3. The summed E-state index contributed by atoms with van der Waals surface area (Å²) in [6.07, 6.45) is 2.82. The summed E-state index contributed by atoms with van der Waals surface area (Å²) in [6.45, 7) is 0. The van der Waals surface area contributed by atoms with Gasteiger partial charge in [0.2, 0.25) is 0 Å². The number of hydrogen-bond donors (Lipinski definition) is 2. The maximum Gasteiger partial charge on any atom is 0.251 e. The lowest BCUT2D eigenvalue weighted by atomic mass is 10.1. The fraction of sp³-hybridized carbons (Fsp3) is 0.211. The summed E-state index contributed by atoms with van der Waals surface area (Å²) >= 11 is 1.73. The van der Waals surface area contributed by atoms with Crippen LogP contribution in [-0.2, 0) is 0 Å². The summed E-state index contributed by atoms with van der Waals surface area (Å²) in [5.41, 5.74) is 2.91. The van der Waals surface area contributed by atoms with Gasteiger partial charge in [0.1, 0.15) is 5.82 Å². The molecule has 3 rings (SSSR count). The molecular formula is C19H18N4OS. The Hall–Kier alpha value is -2.78. The first-order valence-corrected chi connectivity index (χ1v) is 9.35. The zero-order valence-electron chi connectivity index (χ0n) is 13.8. The van der Waals surface area contributed by atoms with Crippen molar-refractivity contribution in [3.63, 3.8) is 0 Å². The first kappa shape index (κ1) is 17.1. The van der Waals surface area contributed by atoms with Gasteiger partial charge in [0.05, 0.1) is 28.7 Å². The van der Waals surface area contributed by atoms with Crippen molar-refractivity contribution in [2.24, 2.45) is 0 Å². The Morgan fingerprint density at radius 1 is 1.28 bits per heavy atom. The summed E-state index contributed by atoms with van der Waals surface area (Å²) in [7, 11) is 0. The van der Waals surface area contributed by atoms with Gasteiger partial charge in [-0.2, -0.15) is 17.0 Å². The van der Waals surface area contributed by atoms with Crippen LogP contribution >= 0.6 is 11.8 Å². The molecule has 126 valence electrons. The fourth-order valence-electron chi connectivity index (χ4n) is 2.59. The van der Waals surface area contributed by atoms with Crippen molar-refractivity contribution in [1.29, 1.82) is 5.26 Å². The number of nitriles is 1. The van der Waals surface area contributed by atoms with E-state index in [1.165, 1.54) is 0 Å². The first-order chi connectivity index (χ1) is 12.2. The monoisotopic (exact) mass is 350 g/mol. The van der Waals surface area contributed by atoms with E-state index >= 15 is 0 Å². The minimum Gasteiger partial charge on any atom is -0.342 e. The fourth-order valence-corrected chi connectivity index (χ4v) is 3.06. The number of thioether (sulfide) groups is 1. The molecule has 0 radical (unpaired) electrons. The maximum atomic E-state index is 12.6. The van der Waals surface area contributed by atoms with E-state index in [-0.39, 0.29) is 11.9 Å². The van der Waals surface area contributed by atoms with E-state index < -0.39 is 0 Å². The van der Waals surface area contributed by atoms with Gasteiger partial charge in [-0.1, -0.05) is 12.1 Å². The second kappa shape index (κ2) is 7.86. The summed E-state index contributed by atoms with van der Waals surface area (Å²) < 4.78 is 0. The third-order valence-corrected chi connectivity index (χ3v) is 4.57. The van der Waals surface area contributed by atoms with Crippen LogP contribution in [-0.4, -0.2) is 27.9 Å². The van der Waals surface area contributed by atoms with Crippen LogP contribution in [0.15, 0.2) is 48.5 Å².